The minimum absolute atomic E-state index is 0.133. The molecule has 29 heavy (non-hydrogen) atoms. The molecule has 2 heterocycles. The Hall–Kier alpha value is -3.60. The van der Waals surface area contributed by atoms with Crippen LogP contribution in [-0.2, 0) is 6.42 Å². The van der Waals surface area contributed by atoms with Crippen molar-refractivity contribution in [2.45, 2.75) is 13.3 Å². The first-order chi connectivity index (χ1) is 14.2. The van der Waals surface area contributed by atoms with Gasteiger partial charge in [-0.3, -0.25) is 4.98 Å². The number of aryl methyl sites for hydroxylation is 1. The van der Waals surface area contributed by atoms with Gasteiger partial charge in [0, 0.05) is 28.6 Å². The number of hydrogen-bond donors (Lipinski definition) is 0. The number of para-hydroxylation sites is 1. The average molecular weight is 385 g/mol. The number of rotatable bonds is 3. The van der Waals surface area contributed by atoms with Crippen LogP contribution >= 0.6 is 0 Å². The summed E-state index contributed by atoms with van der Waals surface area (Å²) in [6.07, 6.45) is 2.43. The third kappa shape index (κ3) is 2.78. The van der Waals surface area contributed by atoms with Crippen molar-refractivity contribution in [3.8, 4) is 16.9 Å². The van der Waals surface area contributed by atoms with Gasteiger partial charge >= 0.3 is 0 Å². The molecule has 0 spiro atoms. The summed E-state index contributed by atoms with van der Waals surface area (Å²) in [6, 6.07) is 19.9. The minimum atomic E-state index is -0.681. The Morgan fingerprint density at radius 1 is 0.897 bits per heavy atom. The summed E-state index contributed by atoms with van der Waals surface area (Å²) in [6.45, 7) is 2.07. The molecule has 5 heteroatoms. The van der Waals surface area contributed by atoms with Gasteiger partial charge in [-0.05, 0) is 24.1 Å². The van der Waals surface area contributed by atoms with Gasteiger partial charge in [-0.15, -0.1) is 0 Å². The molecule has 5 aromatic rings. The van der Waals surface area contributed by atoms with E-state index in [2.05, 4.69) is 11.9 Å². The molecule has 0 aliphatic heterocycles. The number of benzene rings is 3. The zero-order valence-electron chi connectivity index (χ0n) is 15.7. The Morgan fingerprint density at radius 2 is 1.66 bits per heavy atom. The summed E-state index contributed by atoms with van der Waals surface area (Å²) in [4.78, 5) is 4.29. The van der Waals surface area contributed by atoms with Crippen LogP contribution in [0.2, 0.25) is 0 Å². The van der Waals surface area contributed by atoms with E-state index in [0.717, 1.165) is 40.4 Å². The van der Waals surface area contributed by atoms with Crippen molar-refractivity contribution in [1.29, 1.82) is 0 Å². The number of hydrogen-bond acceptors (Lipinski definition) is 2. The van der Waals surface area contributed by atoms with Crippen LogP contribution < -0.4 is 0 Å². The third-order valence-corrected chi connectivity index (χ3v) is 5.18. The lowest BCUT2D eigenvalue weighted by molar-refractivity contribution is 0.590. The molecule has 0 fully saturated rings. The van der Waals surface area contributed by atoms with Crippen LogP contribution in [0, 0.1) is 11.6 Å². The van der Waals surface area contributed by atoms with Crippen molar-refractivity contribution in [2.24, 2.45) is 0 Å². The average Bonchev–Trinajstić information content (AvgIpc) is 3.14. The molecule has 3 aromatic carbocycles. The van der Waals surface area contributed by atoms with Gasteiger partial charge in [-0.2, -0.15) is 5.10 Å². The summed E-state index contributed by atoms with van der Waals surface area (Å²) in [5.74, 6) is -1.32. The van der Waals surface area contributed by atoms with Crippen LogP contribution in [0.5, 0.6) is 0 Å². The normalized spacial score (nSPS) is 11.4. The van der Waals surface area contributed by atoms with E-state index in [1.54, 1.807) is 10.9 Å². The Morgan fingerprint density at radius 3 is 2.45 bits per heavy atom. The van der Waals surface area contributed by atoms with Crippen molar-refractivity contribution in [2.75, 3.05) is 0 Å². The molecular formula is C24H17F2N3. The SMILES string of the molecule is CCc1ccccc1-n1nc(-c2ccccc2)c2cnc3c(F)cc(F)cc3c21. The first-order valence-corrected chi connectivity index (χ1v) is 9.47. The molecule has 5 rings (SSSR count). The molecule has 0 atom stereocenters. The van der Waals surface area contributed by atoms with Gasteiger partial charge in [0.2, 0.25) is 0 Å². The number of fused-ring (bicyclic) bond motifs is 3. The van der Waals surface area contributed by atoms with Crippen LogP contribution in [0.25, 0.3) is 38.8 Å². The van der Waals surface area contributed by atoms with Gasteiger partial charge in [-0.1, -0.05) is 55.5 Å². The molecular weight excluding hydrogens is 368 g/mol. The van der Waals surface area contributed by atoms with Crippen molar-refractivity contribution in [1.82, 2.24) is 14.8 Å². The van der Waals surface area contributed by atoms with Gasteiger partial charge in [0.05, 0.1) is 11.2 Å². The van der Waals surface area contributed by atoms with E-state index in [1.807, 2.05) is 54.6 Å². The maximum absolute atomic E-state index is 14.5. The second-order valence-electron chi connectivity index (χ2n) is 6.91. The summed E-state index contributed by atoms with van der Waals surface area (Å²) in [7, 11) is 0. The van der Waals surface area contributed by atoms with Crippen LogP contribution in [0.4, 0.5) is 8.78 Å². The van der Waals surface area contributed by atoms with Crippen molar-refractivity contribution >= 4 is 21.8 Å². The van der Waals surface area contributed by atoms with Gasteiger partial charge in [0.1, 0.15) is 17.0 Å². The maximum Gasteiger partial charge on any atom is 0.152 e. The third-order valence-electron chi connectivity index (χ3n) is 5.18. The molecule has 142 valence electrons. The highest BCUT2D eigenvalue weighted by Gasteiger charge is 2.20. The van der Waals surface area contributed by atoms with Gasteiger partial charge in [0.15, 0.2) is 5.82 Å². The van der Waals surface area contributed by atoms with Gasteiger partial charge < -0.3 is 0 Å². The molecule has 0 saturated heterocycles. The van der Waals surface area contributed by atoms with E-state index < -0.39 is 11.6 Å². The number of pyridine rings is 1. The molecule has 0 bridgehead atoms. The Labute approximate surface area is 166 Å². The second kappa shape index (κ2) is 6.78. The van der Waals surface area contributed by atoms with E-state index in [-0.39, 0.29) is 5.52 Å². The van der Waals surface area contributed by atoms with Gasteiger partial charge in [0.25, 0.3) is 0 Å². The second-order valence-corrected chi connectivity index (χ2v) is 6.91. The summed E-state index contributed by atoms with van der Waals surface area (Å²) >= 11 is 0. The zero-order chi connectivity index (χ0) is 20.0. The fourth-order valence-electron chi connectivity index (χ4n) is 3.82. The summed E-state index contributed by atoms with van der Waals surface area (Å²) in [5, 5.41) is 6.03. The molecule has 0 unspecified atom stereocenters. The fraction of sp³-hybridized carbons (Fsp3) is 0.0833. The smallest absolute Gasteiger partial charge is 0.152 e. The molecule has 0 radical (unpaired) electrons. The topological polar surface area (TPSA) is 30.7 Å². The Kier molecular flexibility index (Phi) is 4.09. The molecule has 0 aliphatic carbocycles. The van der Waals surface area contributed by atoms with E-state index in [9.17, 15) is 8.78 Å². The van der Waals surface area contributed by atoms with Crippen LogP contribution in [0.1, 0.15) is 12.5 Å². The van der Waals surface area contributed by atoms with E-state index in [0.29, 0.717) is 10.9 Å². The fourth-order valence-corrected chi connectivity index (χ4v) is 3.82. The first kappa shape index (κ1) is 17.5. The Bertz CT molecular complexity index is 1360. The molecule has 2 aromatic heterocycles. The van der Waals surface area contributed by atoms with Crippen molar-refractivity contribution in [3.05, 3.63) is 90.1 Å². The van der Waals surface area contributed by atoms with Crippen LogP contribution in [-0.4, -0.2) is 14.8 Å². The lowest BCUT2D eigenvalue weighted by Crippen LogP contribution is -2.02. The highest BCUT2D eigenvalue weighted by molar-refractivity contribution is 6.09. The standard InChI is InChI=1S/C24H17F2N3/c1-2-15-8-6-7-11-21(15)29-24-18-12-17(25)13-20(26)23(18)27-14-19(24)22(28-29)16-9-4-3-5-10-16/h3-14H,2H2,1H3. The molecule has 0 N–H and O–H groups in total. The zero-order valence-corrected chi connectivity index (χ0v) is 15.7. The first-order valence-electron chi connectivity index (χ1n) is 9.47. The Balaban J connectivity index is 1.97. The summed E-state index contributed by atoms with van der Waals surface area (Å²) < 4.78 is 30.4. The highest BCUT2D eigenvalue weighted by Crippen LogP contribution is 2.35. The largest absolute Gasteiger partial charge is 0.252 e. The number of halogens is 2. The van der Waals surface area contributed by atoms with Gasteiger partial charge in [-0.25, -0.2) is 13.5 Å². The molecule has 0 amide bonds. The molecule has 0 aliphatic rings. The molecule has 0 saturated carbocycles. The quantitative estimate of drug-likeness (QED) is 0.377. The predicted molar refractivity (Wildman–Crippen MR) is 111 cm³/mol. The monoisotopic (exact) mass is 385 g/mol. The summed E-state index contributed by atoms with van der Waals surface area (Å²) in [5.41, 5.74) is 4.41. The lowest BCUT2D eigenvalue weighted by Gasteiger charge is -2.10. The lowest BCUT2D eigenvalue weighted by atomic mass is 10.1. The number of aromatic nitrogens is 3. The van der Waals surface area contributed by atoms with E-state index in [1.165, 1.54) is 6.07 Å². The number of nitrogens with zero attached hydrogens (tertiary/aromatic N) is 3. The minimum Gasteiger partial charge on any atom is -0.252 e. The van der Waals surface area contributed by atoms with Crippen molar-refractivity contribution in [3.63, 3.8) is 0 Å². The highest BCUT2D eigenvalue weighted by atomic mass is 19.1. The van der Waals surface area contributed by atoms with Crippen LogP contribution in [0.3, 0.4) is 0 Å². The predicted octanol–water partition coefficient (Wildman–Crippen LogP) is 6.08. The van der Waals surface area contributed by atoms with E-state index >= 15 is 0 Å². The molecule has 3 nitrogen and oxygen atoms in total. The van der Waals surface area contributed by atoms with Crippen molar-refractivity contribution < 1.29 is 8.78 Å². The van der Waals surface area contributed by atoms with Crippen LogP contribution in [0.15, 0.2) is 72.9 Å². The van der Waals surface area contributed by atoms with E-state index in [4.69, 9.17) is 5.10 Å². The maximum atomic E-state index is 14.5.